The van der Waals surface area contributed by atoms with Crippen LogP contribution in [0.15, 0.2) is 82.4 Å². The third kappa shape index (κ3) is 2.61. The van der Waals surface area contributed by atoms with Crippen molar-refractivity contribution in [2.45, 2.75) is 27.7 Å². The lowest BCUT2D eigenvalue weighted by Crippen LogP contribution is -2.16. The van der Waals surface area contributed by atoms with Crippen LogP contribution >= 0.6 is 0 Å². The van der Waals surface area contributed by atoms with Crippen LogP contribution in [0.25, 0.3) is 65.7 Å². The van der Waals surface area contributed by atoms with Gasteiger partial charge in [-0.2, -0.15) is 0 Å². The molecule has 8 rings (SSSR count). The lowest BCUT2D eigenvalue weighted by atomic mass is 9.96. The molecule has 0 fully saturated rings. The molecule has 4 aromatic carbocycles. The van der Waals surface area contributed by atoms with Gasteiger partial charge in [0.05, 0.1) is 22.1 Å². The minimum absolute atomic E-state index is 0.128. The minimum Gasteiger partial charge on any atom is -0.268 e. The summed E-state index contributed by atoms with van der Waals surface area (Å²) in [6.07, 6.45) is 0. The molecule has 0 unspecified atom stereocenters. The summed E-state index contributed by atoms with van der Waals surface area (Å²) in [6.45, 7) is 8.00. The smallest absolute Gasteiger partial charge is 0.264 e. The van der Waals surface area contributed by atoms with Crippen molar-refractivity contribution in [3.8, 4) is 0 Å². The standard InChI is InChI=1S/C26H12N4O2.2C2H6/c31-25-15-12-10-14-22-16(26(32)30-20-8-4-2-6-18(20)28-24(14)30)11-9-13(21(15)22)23-27-17-5-1-3-7-19(17)29(23)25;2*1-2/h1-12H;2*1-2H3. The lowest BCUT2D eigenvalue weighted by molar-refractivity contribution is 1.18. The van der Waals surface area contributed by atoms with Gasteiger partial charge in [0.1, 0.15) is 11.3 Å². The molecule has 0 spiro atoms. The van der Waals surface area contributed by atoms with Gasteiger partial charge < -0.3 is 0 Å². The molecule has 0 radical (unpaired) electrons. The lowest BCUT2D eigenvalue weighted by Gasteiger charge is -2.12. The number of rotatable bonds is 0. The molecule has 0 saturated carbocycles. The molecule has 0 aliphatic carbocycles. The van der Waals surface area contributed by atoms with E-state index in [0.717, 1.165) is 43.6 Å². The molecule has 0 atom stereocenters. The van der Waals surface area contributed by atoms with Gasteiger partial charge in [0.25, 0.3) is 11.1 Å². The van der Waals surface area contributed by atoms with Crippen LogP contribution in [0.5, 0.6) is 0 Å². The highest BCUT2D eigenvalue weighted by atomic mass is 16.1. The predicted molar refractivity (Wildman–Crippen MR) is 149 cm³/mol. The number of hydrogen-bond acceptors (Lipinski definition) is 4. The third-order valence-corrected chi connectivity index (χ3v) is 6.63. The van der Waals surface area contributed by atoms with Gasteiger partial charge in [0.2, 0.25) is 0 Å². The van der Waals surface area contributed by atoms with E-state index in [9.17, 15) is 9.59 Å². The summed E-state index contributed by atoms with van der Waals surface area (Å²) in [4.78, 5) is 36.7. The molecular weight excluding hydrogens is 448 g/mol. The molecule has 8 aromatic rings. The first-order chi connectivity index (χ1) is 17.7. The number of hydrogen-bond donors (Lipinski definition) is 0. The third-order valence-electron chi connectivity index (χ3n) is 6.63. The van der Waals surface area contributed by atoms with E-state index in [0.29, 0.717) is 22.1 Å². The fourth-order valence-corrected chi connectivity index (χ4v) is 5.29. The van der Waals surface area contributed by atoms with E-state index in [-0.39, 0.29) is 11.1 Å². The molecule has 36 heavy (non-hydrogen) atoms. The molecule has 0 amide bonds. The second-order valence-electron chi connectivity index (χ2n) is 8.20. The number of fused-ring (bicyclic) bond motifs is 8. The maximum absolute atomic E-state index is 13.6. The van der Waals surface area contributed by atoms with Crippen LogP contribution in [0, 0.1) is 0 Å². The van der Waals surface area contributed by atoms with E-state index in [1.165, 1.54) is 0 Å². The van der Waals surface area contributed by atoms with Gasteiger partial charge in [-0.1, -0.05) is 52.0 Å². The molecule has 0 saturated heterocycles. The summed E-state index contributed by atoms with van der Waals surface area (Å²) < 4.78 is 3.35. The van der Waals surface area contributed by atoms with Gasteiger partial charge in [0, 0.05) is 32.3 Å². The van der Waals surface area contributed by atoms with Crippen molar-refractivity contribution < 1.29 is 0 Å². The largest absolute Gasteiger partial charge is 0.268 e. The summed E-state index contributed by atoms with van der Waals surface area (Å²) in [6, 6.07) is 22.8. The molecule has 0 bridgehead atoms. The maximum atomic E-state index is 13.6. The van der Waals surface area contributed by atoms with Crippen molar-refractivity contribution in [3.05, 3.63) is 93.5 Å². The molecule has 6 nitrogen and oxygen atoms in total. The Bertz CT molecular complexity index is 2030. The molecule has 0 aliphatic heterocycles. The van der Waals surface area contributed by atoms with Crippen LogP contribution in [0.1, 0.15) is 27.7 Å². The first-order valence-electron chi connectivity index (χ1n) is 12.4. The monoisotopic (exact) mass is 472 g/mol. The Morgan fingerprint density at radius 2 is 0.861 bits per heavy atom. The molecule has 0 N–H and O–H groups in total. The number of nitrogens with zero attached hydrogens (tertiary/aromatic N) is 4. The molecule has 6 heteroatoms. The fourth-order valence-electron chi connectivity index (χ4n) is 5.29. The Morgan fingerprint density at radius 3 is 1.28 bits per heavy atom. The Morgan fingerprint density at radius 1 is 0.500 bits per heavy atom. The second-order valence-corrected chi connectivity index (χ2v) is 8.20. The van der Waals surface area contributed by atoms with E-state index >= 15 is 0 Å². The van der Waals surface area contributed by atoms with Gasteiger partial charge in [-0.3, -0.25) is 18.4 Å². The van der Waals surface area contributed by atoms with E-state index in [1.54, 1.807) is 8.80 Å². The summed E-state index contributed by atoms with van der Waals surface area (Å²) in [5, 5.41) is 4.42. The van der Waals surface area contributed by atoms with Gasteiger partial charge >= 0.3 is 0 Å². The summed E-state index contributed by atoms with van der Waals surface area (Å²) in [5.74, 6) is 0. The quantitative estimate of drug-likeness (QED) is 0.240. The number of imidazole rings is 2. The van der Waals surface area contributed by atoms with Crippen molar-refractivity contribution in [3.63, 3.8) is 0 Å². The van der Waals surface area contributed by atoms with Crippen LogP contribution in [-0.2, 0) is 0 Å². The highest BCUT2D eigenvalue weighted by Gasteiger charge is 2.21. The van der Waals surface area contributed by atoms with Gasteiger partial charge in [-0.15, -0.1) is 0 Å². The van der Waals surface area contributed by atoms with E-state index < -0.39 is 0 Å². The van der Waals surface area contributed by atoms with Crippen LogP contribution in [-0.4, -0.2) is 18.8 Å². The molecular formula is C30H24N4O2. The number of para-hydroxylation sites is 4. The predicted octanol–water partition coefficient (Wildman–Crippen LogP) is 6.40. The Labute approximate surface area is 205 Å². The average Bonchev–Trinajstić information content (AvgIpc) is 3.52. The average molecular weight is 473 g/mol. The second kappa shape index (κ2) is 7.99. The Kier molecular flexibility index (Phi) is 4.86. The van der Waals surface area contributed by atoms with Gasteiger partial charge in [0.15, 0.2) is 0 Å². The van der Waals surface area contributed by atoms with E-state index in [2.05, 4.69) is 0 Å². The molecule has 0 aliphatic rings. The van der Waals surface area contributed by atoms with Crippen molar-refractivity contribution in [2.75, 3.05) is 0 Å². The van der Waals surface area contributed by atoms with E-state index in [1.807, 2.05) is 100 Å². The van der Waals surface area contributed by atoms with Crippen molar-refractivity contribution >= 4 is 65.7 Å². The zero-order chi connectivity index (χ0) is 25.1. The Balaban J connectivity index is 0.000000575. The maximum Gasteiger partial charge on any atom is 0.264 e. The SMILES string of the molecule is CC.CC.O=c1c2ccc3c4c(ccc(c24)c2nc4ccccc4n12)c(=O)n1c2ccccc2nc31. The zero-order valence-electron chi connectivity index (χ0n) is 20.5. The van der Waals surface area contributed by atoms with Crippen LogP contribution < -0.4 is 11.1 Å². The van der Waals surface area contributed by atoms with Crippen LogP contribution in [0.4, 0.5) is 0 Å². The van der Waals surface area contributed by atoms with Gasteiger partial charge in [-0.05, 0) is 48.5 Å². The first-order valence-corrected chi connectivity index (χ1v) is 12.4. The highest BCUT2D eigenvalue weighted by molar-refractivity contribution is 6.27. The summed E-state index contributed by atoms with van der Waals surface area (Å²) in [7, 11) is 0. The summed E-state index contributed by atoms with van der Waals surface area (Å²) >= 11 is 0. The van der Waals surface area contributed by atoms with Crippen molar-refractivity contribution in [1.82, 2.24) is 18.8 Å². The molecule has 4 aromatic heterocycles. The van der Waals surface area contributed by atoms with Crippen molar-refractivity contribution in [1.29, 1.82) is 0 Å². The zero-order valence-corrected chi connectivity index (χ0v) is 20.5. The summed E-state index contributed by atoms with van der Waals surface area (Å²) in [5.41, 5.74) is 4.07. The molecule has 4 heterocycles. The van der Waals surface area contributed by atoms with Crippen LogP contribution in [0.3, 0.4) is 0 Å². The van der Waals surface area contributed by atoms with Crippen LogP contribution in [0.2, 0.25) is 0 Å². The number of benzene rings is 4. The van der Waals surface area contributed by atoms with Crippen molar-refractivity contribution in [2.24, 2.45) is 0 Å². The van der Waals surface area contributed by atoms with E-state index in [4.69, 9.17) is 9.97 Å². The highest BCUT2D eigenvalue weighted by Crippen LogP contribution is 2.36. The van der Waals surface area contributed by atoms with Gasteiger partial charge in [-0.25, -0.2) is 9.97 Å². The number of aromatic nitrogens is 4. The molecule has 176 valence electrons. The minimum atomic E-state index is -0.128. The Hall–Kier alpha value is -4.58. The topological polar surface area (TPSA) is 68.7 Å². The number of pyridine rings is 2. The normalized spacial score (nSPS) is 11.6. The first kappa shape index (κ1) is 21.9. The fraction of sp³-hybridized carbons (Fsp3) is 0.133.